The fraction of sp³-hybridized carbons (Fsp3) is 0.283. The van der Waals surface area contributed by atoms with E-state index < -0.39 is 69.3 Å². The van der Waals surface area contributed by atoms with E-state index in [2.05, 4.69) is 53.6 Å². The topological polar surface area (TPSA) is 256 Å². The maximum atomic E-state index is 12.4. The van der Waals surface area contributed by atoms with Gasteiger partial charge < -0.3 is 0 Å². The van der Waals surface area contributed by atoms with Gasteiger partial charge in [-0.15, -0.1) is 39.5 Å². The van der Waals surface area contributed by atoms with Gasteiger partial charge in [0.25, 0.3) is 5.69 Å². The van der Waals surface area contributed by atoms with Gasteiger partial charge in [-0.1, -0.05) is 109 Å². The van der Waals surface area contributed by atoms with Gasteiger partial charge in [-0.25, -0.2) is 42.1 Å². The quantitative estimate of drug-likeness (QED) is 0.0843. The molecule has 5 aliphatic heterocycles. The van der Waals surface area contributed by atoms with Crippen LogP contribution in [-0.4, -0.2) is 60.1 Å². The van der Waals surface area contributed by atoms with E-state index in [1.165, 1.54) is 34.6 Å². The second-order valence-electron chi connectivity index (χ2n) is 18.4. The molecule has 18 nitrogen and oxygen atoms in total. The molecule has 81 heavy (non-hydrogen) atoms. The van der Waals surface area contributed by atoms with Crippen LogP contribution in [0.3, 0.4) is 0 Å². The van der Waals surface area contributed by atoms with Crippen LogP contribution >= 0.6 is 58.0 Å². The molecule has 0 atom stereocenters. The fourth-order valence-electron chi connectivity index (χ4n) is 8.46. The van der Waals surface area contributed by atoms with Gasteiger partial charge in [-0.05, 0) is 96.1 Å². The summed E-state index contributed by atoms with van der Waals surface area (Å²) in [7, 11) is -16.9. The summed E-state index contributed by atoms with van der Waals surface area (Å²) in [6.07, 6.45) is 3.14. The lowest BCUT2D eigenvalue weighted by atomic mass is 9.99. The average molecular weight is 1320 g/mol. The second-order valence-corrected chi connectivity index (χ2v) is 30.9. The van der Waals surface area contributed by atoms with E-state index in [0.29, 0.717) is 65.1 Å². The first-order chi connectivity index (χ1) is 36.5. The van der Waals surface area contributed by atoms with Crippen LogP contribution in [0.1, 0.15) is 85.6 Å². The van der Waals surface area contributed by atoms with Crippen molar-refractivity contribution >= 4 is 142 Å². The van der Waals surface area contributed by atoms with Crippen molar-refractivity contribution in [2.24, 2.45) is 0 Å². The Bertz CT molecular complexity index is 3810. The van der Waals surface area contributed by atoms with Crippen molar-refractivity contribution in [2.75, 3.05) is 35.9 Å². The molecule has 0 unspecified atom stereocenters. The van der Waals surface area contributed by atoms with Crippen LogP contribution in [-0.2, 0) is 75.9 Å². The summed E-state index contributed by atoms with van der Waals surface area (Å²) < 4.78 is 124. The van der Waals surface area contributed by atoms with Crippen molar-refractivity contribution in [3.8, 4) is 0 Å². The lowest BCUT2D eigenvalue weighted by Gasteiger charge is -2.21. The summed E-state index contributed by atoms with van der Waals surface area (Å²) in [5.74, 6) is -0.0299. The monoisotopic (exact) mass is 1310 g/mol. The molecular formula is C53H67Cl5N6O12S5. The fourth-order valence-corrected chi connectivity index (χ4v) is 17.5. The van der Waals surface area contributed by atoms with Crippen molar-refractivity contribution in [1.29, 1.82) is 0 Å². The summed E-state index contributed by atoms with van der Waals surface area (Å²) in [4.78, 5) is 10.2. The van der Waals surface area contributed by atoms with Crippen molar-refractivity contribution in [3.05, 3.63) is 200 Å². The van der Waals surface area contributed by atoms with E-state index >= 15 is 0 Å². The molecule has 0 saturated heterocycles. The van der Waals surface area contributed by atoms with Crippen LogP contribution in [0, 0.1) is 10.1 Å². The largest absolute Gasteiger partial charge is 0.293 e. The molecule has 10 rings (SSSR count). The number of nitrogens with zero attached hydrogens (tertiary/aromatic N) is 3. The van der Waals surface area contributed by atoms with Crippen LogP contribution in [0.25, 0.3) is 0 Å². The Morgan fingerprint density at radius 2 is 0.975 bits per heavy atom. The Morgan fingerprint density at radius 1 is 0.543 bits per heavy atom. The number of nitrogens with one attached hydrogen (secondary N) is 3. The van der Waals surface area contributed by atoms with Gasteiger partial charge in [0.1, 0.15) is 19.9 Å². The lowest BCUT2D eigenvalue weighted by molar-refractivity contribution is -0.383. The molecule has 446 valence electrons. The number of fused-ring (bicyclic) bond motifs is 5. The van der Waals surface area contributed by atoms with Crippen LogP contribution in [0.5, 0.6) is 0 Å². The third-order valence-corrected chi connectivity index (χ3v) is 23.5. The summed E-state index contributed by atoms with van der Waals surface area (Å²) in [6, 6.07) is 23.2. The third kappa shape index (κ3) is 14.0. The number of nitro groups is 1. The SMILES string of the molecule is C.C.C=C.C=C.C=CCN1c2cccc(Cl)c2C(C)(C)S1(=O)=O.C=CCN1c2cccc(Cl)c2CS1(=O)=O.CC1(C)c2c(Cl)ccc([N+](=O)[O-])c2NS1(=O)=O.CC1(C)c2c(Cl)cccc2NS1(=O)=O.O=S1(=O)Cc2c(Cl)cccc2N1.[HH]. The zero-order chi connectivity index (χ0) is 60.2. The minimum atomic E-state index is -3.70. The highest BCUT2D eigenvalue weighted by atomic mass is 35.5. The van der Waals surface area contributed by atoms with Crippen molar-refractivity contribution in [1.82, 2.24) is 0 Å². The zero-order valence-electron chi connectivity index (χ0n) is 43.5. The number of hydrogen-bond donors (Lipinski definition) is 3. The molecule has 5 aliphatic rings. The van der Waals surface area contributed by atoms with Gasteiger partial charge in [-0.2, -0.15) is 0 Å². The maximum Gasteiger partial charge on any atom is 0.293 e. The van der Waals surface area contributed by atoms with Gasteiger partial charge in [0.15, 0.2) is 0 Å². The molecule has 5 aromatic rings. The third-order valence-electron chi connectivity index (χ3n) is 12.5. The van der Waals surface area contributed by atoms with E-state index in [-0.39, 0.29) is 62.8 Å². The number of benzene rings is 5. The average Bonchev–Trinajstić information content (AvgIpc) is 4.00. The summed E-state index contributed by atoms with van der Waals surface area (Å²) in [5, 5.41) is 13.0. The molecule has 0 aromatic heterocycles. The van der Waals surface area contributed by atoms with Crippen LogP contribution in [0.4, 0.5) is 34.1 Å². The molecular weight excluding hydrogens is 1250 g/mol. The van der Waals surface area contributed by atoms with E-state index in [0.717, 1.165) is 0 Å². The Kier molecular flexibility index (Phi) is 23.9. The van der Waals surface area contributed by atoms with E-state index in [9.17, 15) is 52.2 Å². The molecule has 28 heteroatoms. The number of rotatable bonds is 5. The Balaban J connectivity index is 0.000000502. The van der Waals surface area contributed by atoms with E-state index in [1.54, 1.807) is 113 Å². The maximum absolute atomic E-state index is 12.4. The molecule has 5 aromatic carbocycles. The molecule has 5 heterocycles. The highest BCUT2D eigenvalue weighted by Gasteiger charge is 2.51. The Labute approximate surface area is 504 Å². The standard InChI is InChI=1S/C12H14ClNO2S.C10H10ClNO2S.C9H9ClN2O4S.C9H10ClNO2S.C7H6ClNO2S.2C2H4.2CH4.H2/c1-4-8-14-10-7-5-6-9(13)11(10)12(2,3)17(14,15)16;1-2-6-12-10-5-3-4-9(11)8(10)7-15(12,13)14;1-9(2)7-5(10)3-4-6(12(13)14)8(7)11-17(9,15)16;1-9(2)8-6(10)4-3-5-7(8)11-14(9,12)13;8-6-2-1-3-7-5(6)4-12(10,11)9-7;2*1-2;;;/h4-7H,1,8H2,2-3H3;2-5H,1,6-7H2;3-4,11H,1-2H3;3-5,11H,1-2H3;1-3,9H,4H2;2*1-2H2;2*1H4;1H. The number of anilines is 5. The minimum Gasteiger partial charge on any atom is -0.283 e. The number of halogens is 5. The number of nitro benzene ring substituents is 1. The molecule has 0 amide bonds. The van der Waals surface area contributed by atoms with E-state index in [4.69, 9.17) is 58.0 Å². The Morgan fingerprint density at radius 3 is 1.48 bits per heavy atom. The number of sulfonamides is 5. The molecule has 0 bridgehead atoms. The summed E-state index contributed by atoms with van der Waals surface area (Å²) in [6.45, 7) is 29.2. The lowest BCUT2D eigenvalue weighted by Crippen LogP contribution is -2.36. The zero-order valence-corrected chi connectivity index (χ0v) is 51.3. The smallest absolute Gasteiger partial charge is 0.283 e. The van der Waals surface area contributed by atoms with Crippen LogP contribution in [0.2, 0.25) is 25.1 Å². The highest BCUT2D eigenvalue weighted by Crippen LogP contribution is 2.51. The Hall–Kier alpha value is -5.34. The molecule has 0 saturated carbocycles. The van der Waals surface area contributed by atoms with Crippen LogP contribution in [0.15, 0.2) is 137 Å². The predicted molar refractivity (Wildman–Crippen MR) is 339 cm³/mol. The van der Waals surface area contributed by atoms with Crippen molar-refractivity contribution in [2.45, 2.75) is 82.1 Å². The highest BCUT2D eigenvalue weighted by molar-refractivity contribution is 7.95. The molecule has 0 fully saturated rings. The second kappa shape index (κ2) is 26.9. The van der Waals surface area contributed by atoms with Gasteiger partial charge in [0.2, 0.25) is 50.1 Å². The van der Waals surface area contributed by atoms with Crippen molar-refractivity contribution < 1.29 is 48.4 Å². The van der Waals surface area contributed by atoms with Crippen molar-refractivity contribution in [3.63, 3.8) is 0 Å². The molecule has 0 spiro atoms. The van der Waals surface area contributed by atoms with Gasteiger partial charge in [-0.3, -0.25) is 32.9 Å². The minimum absolute atomic E-state index is 0. The predicted octanol–water partition coefficient (Wildman–Crippen LogP) is 14.4. The summed E-state index contributed by atoms with van der Waals surface area (Å²) in [5.41, 5.74) is 5.10. The molecule has 0 aliphatic carbocycles. The number of hydrogen-bond acceptors (Lipinski definition) is 12. The van der Waals surface area contributed by atoms with E-state index in [1.807, 2.05) is 0 Å². The summed E-state index contributed by atoms with van der Waals surface area (Å²) >= 11 is 29.8. The normalized spacial score (nSPS) is 18.1. The van der Waals surface area contributed by atoms with Crippen LogP contribution < -0.4 is 22.8 Å². The van der Waals surface area contributed by atoms with Gasteiger partial charge >= 0.3 is 0 Å². The molecule has 3 N–H and O–H groups in total. The first-order valence-corrected chi connectivity index (χ1v) is 32.5. The first-order valence-electron chi connectivity index (χ1n) is 22.9. The first kappa shape index (κ1) is 71.8. The molecule has 0 radical (unpaired) electrons. The van der Waals surface area contributed by atoms with Gasteiger partial charge in [0, 0.05) is 60.4 Å². The van der Waals surface area contributed by atoms with Gasteiger partial charge in [0.05, 0.1) is 52.3 Å².